The monoisotopic (exact) mass is 258 g/mol. The highest BCUT2D eigenvalue weighted by molar-refractivity contribution is 6.17. The molecule has 0 saturated heterocycles. The summed E-state index contributed by atoms with van der Waals surface area (Å²) < 4.78 is 10.5. The summed E-state index contributed by atoms with van der Waals surface area (Å²) in [5.41, 5.74) is 0.859. The molecule has 0 spiro atoms. The number of aromatic nitrogens is 1. The molecule has 0 atom stereocenters. The summed E-state index contributed by atoms with van der Waals surface area (Å²) >= 11 is 5.61. The van der Waals surface area contributed by atoms with Crippen LogP contribution in [0, 0.1) is 0 Å². The van der Waals surface area contributed by atoms with E-state index in [9.17, 15) is 0 Å². The van der Waals surface area contributed by atoms with Gasteiger partial charge in [-0.15, -0.1) is 11.6 Å². The van der Waals surface area contributed by atoms with Crippen molar-refractivity contribution in [2.75, 3.05) is 26.6 Å². The molecule has 0 amide bonds. The van der Waals surface area contributed by atoms with Crippen LogP contribution in [0.3, 0.4) is 0 Å². The SMILES string of the molecule is COc1ccnc(CNCCCCCl)c1OC. The Morgan fingerprint density at radius 3 is 2.76 bits per heavy atom. The van der Waals surface area contributed by atoms with Gasteiger partial charge in [-0.1, -0.05) is 0 Å². The van der Waals surface area contributed by atoms with Crippen LogP contribution in [0.25, 0.3) is 0 Å². The van der Waals surface area contributed by atoms with Gasteiger partial charge >= 0.3 is 0 Å². The maximum Gasteiger partial charge on any atom is 0.183 e. The smallest absolute Gasteiger partial charge is 0.183 e. The van der Waals surface area contributed by atoms with E-state index in [0.29, 0.717) is 23.9 Å². The number of unbranched alkanes of at least 4 members (excludes halogenated alkanes) is 1. The maximum atomic E-state index is 5.61. The van der Waals surface area contributed by atoms with Gasteiger partial charge in [-0.2, -0.15) is 0 Å². The van der Waals surface area contributed by atoms with Crippen molar-refractivity contribution in [2.24, 2.45) is 0 Å². The van der Waals surface area contributed by atoms with E-state index in [1.165, 1.54) is 0 Å². The Labute approximate surface area is 107 Å². The van der Waals surface area contributed by atoms with Gasteiger partial charge in [-0.05, 0) is 19.4 Å². The summed E-state index contributed by atoms with van der Waals surface area (Å²) in [6, 6.07) is 1.79. The molecular formula is C12H19ClN2O2. The van der Waals surface area contributed by atoms with E-state index in [1.54, 1.807) is 26.5 Å². The molecule has 0 aromatic carbocycles. The molecule has 0 bridgehead atoms. The topological polar surface area (TPSA) is 43.4 Å². The highest BCUT2D eigenvalue weighted by atomic mass is 35.5. The Kier molecular flexibility index (Phi) is 6.74. The lowest BCUT2D eigenvalue weighted by Gasteiger charge is -2.11. The minimum absolute atomic E-state index is 0.669. The third-order valence-corrected chi connectivity index (χ3v) is 2.66. The van der Waals surface area contributed by atoms with E-state index in [-0.39, 0.29) is 0 Å². The van der Waals surface area contributed by atoms with Gasteiger partial charge in [-0.25, -0.2) is 0 Å². The predicted octanol–water partition coefficient (Wildman–Crippen LogP) is 2.21. The Morgan fingerprint density at radius 2 is 2.12 bits per heavy atom. The molecule has 0 aliphatic heterocycles. The third kappa shape index (κ3) is 4.40. The number of alkyl halides is 1. The van der Waals surface area contributed by atoms with E-state index >= 15 is 0 Å². The zero-order valence-corrected chi connectivity index (χ0v) is 11.1. The van der Waals surface area contributed by atoms with Crippen molar-refractivity contribution >= 4 is 11.6 Å². The van der Waals surface area contributed by atoms with Crippen LogP contribution in [-0.2, 0) is 6.54 Å². The molecule has 0 radical (unpaired) electrons. The molecule has 0 aliphatic rings. The standard InChI is InChI=1S/C12H19ClN2O2/c1-16-11-5-8-15-10(12(11)17-2)9-14-7-4-3-6-13/h5,8,14H,3-4,6-7,9H2,1-2H3. The number of nitrogens with zero attached hydrogens (tertiary/aromatic N) is 1. The summed E-state index contributed by atoms with van der Waals surface area (Å²) in [6.07, 6.45) is 3.81. The zero-order valence-electron chi connectivity index (χ0n) is 10.3. The van der Waals surface area contributed by atoms with Gasteiger partial charge in [0.15, 0.2) is 11.5 Å². The highest BCUT2D eigenvalue weighted by Crippen LogP contribution is 2.28. The zero-order chi connectivity index (χ0) is 12.5. The minimum Gasteiger partial charge on any atom is -0.493 e. The Hall–Kier alpha value is -1.00. The number of hydrogen-bond donors (Lipinski definition) is 1. The van der Waals surface area contributed by atoms with Gasteiger partial charge in [0.2, 0.25) is 0 Å². The molecule has 4 nitrogen and oxygen atoms in total. The van der Waals surface area contributed by atoms with Crippen molar-refractivity contribution in [2.45, 2.75) is 19.4 Å². The summed E-state index contributed by atoms with van der Waals surface area (Å²) in [5.74, 6) is 2.11. The maximum absolute atomic E-state index is 5.61. The van der Waals surface area contributed by atoms with Crippen LogP contribution in [0.1, 0.15) is 18.5 Å². The molecule has 17 heavy (non-hydrogen) atoms. The second-order valence-electron chi connectivity index (χ2n) is 3.57. The van der Waals surface area contributed by atoms with Gasteiger partial charge in [0.05, 0.1) is 19.9 Å². The molecular weight excluding hydrogens is 240 g/mol. The van der Waals surface area contributed by atoms with Crippen LogP contribution in [-0.4, -0.2) is 31.6 Å². The summed E-state index contributed by atoms with van der Waals surface area (Å²) in [6.45, 7) is 1.59. The Morgan fingerprint density at radius 1 is 1.29 bits per heavy atom. The molecule has 0 aliphatic carbocycles. The van der Waals surface area contributed by atoms with Crippen molar-refractivity contribution in [3.05, 3.63) is 18.0 Å². The fourth-order valence-corrected chi connectivity index (χ4v) is 1.72. The second kappa shape index (κ2) is 8.14. The van der Waals surface area contributed by atoms with E-state index in [4.69, 9.17) is 21.1 Å². The number of hydrogen-bond acceptors (Lipinski definition) is 4. The normalized spacial score (nSPS) is 10.3. The van der Waals surface area contributed by atoms with E-state index in [2.05, 4.69) is 10.3 Å². The number of nitrogens with one attached hydrogen (secondary N) is 1. The first-order valence-electron chi connectivity index (χ1n) is 5.66. The lowest BCUT2D eigenvalue weighted by Crippen LogP contribution is -2.16. The van der Waals surface area contributed by atoms with Crippen molar-refractivity contribution < 1.29 is 9.47 Å². The largest absolute Gasteiger partial charge is 0.493 e. The molecule has 0 fully saturated rings. The van der Waals surface area contributed by atoms with Crippen molar-refractivity contribution in [1.82, 2.24) is 10.3 Å². The fourth-order valence-electron chi connectivity index (χ4n) is 1.53. The number of ether oxygens (including phenoxy) is 2. The van der Waals surface area contributed by atoms with Crippen molar-refractivity contribution in [3.63, 3.8) is 0 Å². The minimum atomic E-state index is 0.669. The number of halogens is 1. The number of rotatable bonds is 8. The third-order valence-electron chi connectivity index (χ3n) is 2.40. The van der Waals surface area contributed by atoms with Gasteiger partial charge in [-0.3, -0.25) is 4.98 Å². The van der Waals surface area contributed by atoms with Gasteiger partial charge < -0.3 is 14.8 Å². The summed E-state index contributed by atoms with van der Waals surface area (Å²) in [4.78, 5) is 4.28. The van der Waals surface area contributed by atoms with Crippen molar-refractivity contribution in [1.29, 1.82) is 0 Å². The molecule has 1 aromatic heterocycles. The van der Waals surface area contributed by atoms with E-state index in [1.807, 2.05) is 0 Å². The first-order valence-corrected chi connectivity index (χ1v) is 6.19. The average molecular weight is 259 g/mol. The molecule has 1 aromatic rings. The van der Waals surface area contributed by atoms with E-state index in [0.717, 1.165) is 25.1 Å². The second-order valence-corrected chi connectivity index (χ2v) is 3.94. The van der Waals surface area contributed by atoms with Crippen LogP contribution in [0.15, 0.2) is 12.3 Å². The molecule has 1 N–H and O–H groups in total. The summed E-state index contributed by atoms with van der Waals surface area (Å²) in [5, 5.41) is 3.31. The van der Waals surface area contributed by atoms with Crippen LogP contribution in [0.5, 0.6) is 11.5 Å². The predicted molar refractivity (Wildman–Crippen MR) is 69.0 cm³/mol. The van der Waals surface area contributed by atoms with E-state index < -0.39 is 0 Å². The van der Waals surface area contributed by atoms with Crippen molar-refractivity contribution in [3.8, 4) is 11.5 Å². The molecule has 0 unspecified atom stereocenters. The average Bonchev–Trinajstić information content (AvgIpc) is 2.38. The van der Waals surface area contributed by atoms with Crippen LogP contribution < -0.4 is 14.8 Å². The first-order chi connectivity index (χ1) is 8.33. The first kappa shape index (κ1) is 14.1. The lowest BCUT2D eigenvalue weighted by atomic mass is 10.3. The van der Waals surface area contributed by atoms with Gasteiger partial charge in [0.25, 0.3) is 0 Å². The quantitative estimate of drug-likeness (QED) is 0.574. The molecule has 0 saturated carbocycles. The number of methoxy groups -OCH3 is 2. The Bertz CT molecular complexity index is 334. The molecule has 5 heteroatoms. The molecule has 1 rings (SSSR count). The van der Waals surface area contributed by atoms with Gasteiger partial charge in [0, 0.05) is 24.7 Å². The highest BCUT2D eigenvalue weighted by Gasteiger charge is 2.09. The summed E-state index contributed by atoms with van der Waals surface area (Å²) in [7, 11) is 3.24. The van der Waals surface area contributed by atoms with Gasteiger partial charge in [0.1, 0.15) is 0 Å². The van der Waals surface area contributed by atoms with Crippen LogP contribution in [0.2, 0.25) is 0 Å². The number of pyridine rings is 1. The van der Waals surface area contributed by atoms with Crippen LogP contribution in [0.4, 0.5) is 0 Å². The molecule has 1 heterocycles. The fraction of sp³-hybridized carbons (Fsp3) is 0.583. The lowest BCUT2D eigenvalue weighted by molar-refractivity contribution is 0.348. The molecule has 96 valence electrons. The van der Waals surface area contributed by atoms with Crippen LogP contribution >= 0.6 is 11.6 Å². The Balaban J connectivity index is 2.52.